The van der Waals surface area contributed by atoms with Crippen molar-refractivity contribution in [1.29, 1.82) is 0 Å². The molecule has 0 heterocycles. The molecule has 9 heteroatoms. The average Bonchev–Trinajstić information content (AvgIpc) is 2.40. The summed E-state index contributed by atoms with van der Waals surface area (Å²) < 4.78 is 82.5. The van der Waals surface area contributed by atoms with Crippen LogP contribution in [0.15, 0.2) is 48.5 Å². The van der Waals surface area contributed by atoms with Gasteiger partial charge in [0.25, 0.3) is 0 Å². The predicted molar refractivity (Wildman–Crippen MR) is 71.3 cm³/mol. The Labute approximate surface area is 137 Å². The van der Waals surface area contributed by atoms with E-state index in [0.29, 0.717) is 0 Å². The van der Waals surface area contributed by atoms with Gasteiger partial charge in [0.05, 0.1) is 0 Å². The minimum atomic E-state index is -4.87. The Morgan fingerprint density at radius 1 is 0.609 bits per heavy atom. The van der Waals surface area contributed by atoms with E-state index in [4.69, 9.17) is 0 Å². The topological polar surface area (TPSA) is 18.5 Å². The van der Waals surface area contributed by atoms with Gasteiger partial charge < -0.3 is 0 Å². The number of rotatable bonds is 4. The maximum absolute atomic E-state index is 12.4. The van der Waals surface area contributed by atoms with E-state index < -0.39 is 45.1 Å². The fourth-order valence-corrected chi connectivity index (χ4v) is 4.32. The van der Waals surface area contributed by atoms with E-state index in [1.807, 2.05) is 0 Å². The van der Waals surface area contributed by atoms with Gasteiger partial charge in [0.15, 0.2) is 0 Å². The van der Waals surface area contributed by atoms with Crippen molar-refractivity contribution in [2.45, 2.75) is 12.7 Å². The first-order valence-electron chi connectivity index (χ1n) is 6.01. The van der Waals surface area contributed by atoms with Gasteiger partial charge in [0.2, 0.25) is 0 Å². The Hall–Kier alpha value is -1.59. The second-order valence-electron chi connectivity index (χ2n) is 4.09. The van der Waals surface area contributed by atoms with Crippen LogP contribution in [0, 0.1) is 0 Å². The number of para-hydroxylation sites is 2. The second-order valence-corrected chi connectivity index (χ2v) is 7.18. The number of ether oxygens (including phenoxy) is 2. The molecule has 0 saturated carbocycles. The minimum absolute atomic E-state index is 0.216. The molecule has 0 atom stereocenters. The summed E-state index contributed by atoms with van der Waals surface area (Å²) >= 11 is -1.59. The van der Waals surface area contributed by atoms with Crippen LogP contribution in [0.25, 0.3) is 0 Å². The fourth-order valence-electron chi connectivity index (χ4n) is 1.61. The van der Waals surface area contributed by atoms with E-state index in [9.17, 15) is 26.3 Å². The van der Waals surface area contributed by atoms with E-state index in [-0.39, 0.29) is 7.22 Å². The van der Waals surface area contributed by atoms with Crippen molar-refractivity contribution in [3.63, 3.8) is 0 Å². The summed E-state index contributed by atoms with van der Waals surface area (Å²) in [6.07, 6.45) is -9.74. The van der Waals surface area contributed by atoms with Crippen LogP contribution in [0.2, 0.25) is 0 Å². The Balaban J connectivity index is 2.30. The fraction of sp³-hybridized carbons (Fsp3) is 0.143. The molecule has 0 aliphatic rings. The van der Waals surface area contributed by atoms with Crippen molar-refractivity contribution < 1.29 is 35.8 Å². The first-order chi connectivity index (χ1) is 10.6. The zero-order valence-corrected chi connectivity index (χ0v) is 13.4. The first kappa shape index (κ1) is 17.8. The van der Waals surface area contributed by atoms with Crippen LogP contribution in [-0.2, 0) is 0 Å². The zero-order chi connectivity index (χ0) is 17.1. The number of hydrogen-bond acceptors (Lipinski definition) is 2. The van der Waals surface area contributed by atoms with Gasteiger partial charge in [-0.1, -0.05) is 0 Å². The van der Waals surface area contributed by atoms with Gasteiger partial charge in [-0.3, -0.25) is 0 Å². The van der Waals surface area contributed by atoms with Crippen LogP contribution in [0.3, 0.4) is 0 Å². The third kappa shape index (κ3) is 5.84. The first-order valence-corrected chi connectivity index (χ1v) is 8.34. The number of halogens is 6. The van der Waals surface area contributed by atoms with E-state index in [1.54, 1.807) is 0 Å². The molecule has 0 bridgehead atoms. The molecule has 23 heavy (non-hydrogen) atoms. The number of hydrogen-bond donors (Lipinski definition) is 0. The normalized spacial score (nSPS) is 12.1. The summed E-state index contributed by atoms with van der Waals surface area (Å²) in [5.41, 5.74) is 0. The van der Waals surface area contributed by atoms with Crippen LogP contribution in [0.4, 0.5) is 26.3 Å². The summed E-state index contributed by atoms with van der Waals surface area (Å²) in [6.45, 7) is 0. The van der Waals surface area contributed by atoms with Crippen LogP contribution >= 0.6 is 0 Å². The number of alkyl halides is 6. The van der Waals surface area contributed by atoms with Crippen LogP contribution in [-0.4, -0.2) is 33.6 Å². The molecule has 0 unspecified atom stereocenters. The molecule has 0 amide bonds. The summed E-state index contributed by atoms with van der Waals surface area (Å²) in [5, 5.41) is 0. The van der Waals surface area contributed by atoms with Crippen molar-refractivity contribution in [3.05, 3.63) is 48.5 Å². The van der Waals surface area contributed by atoms with Crippen molar-refractivity contribution in [3.8, 4) is 11.5 Å². The second kappa shape index (κ2) is 6.89. The third-order valence-corrected chi connectivity index (χ3v) is 5.55. The summed E-state index contributed by atoms with van der Waals surface area (Å²) in [6, 6.07) is 10.8. The molecule has 2 nitrogen and oxygen atoms in total. The predicted octanol–water partition coefficient (Wildman–Crippen LogP) is 3.14. The van der Waals surface area contributed by atoms with Crippen molar-refractivity contribution >= 4 is 28.1 Å². The Kier molecular flexibility index (Phi) is 5.32. The van der Waals surface area contributed by atoms with Crippen LogP contribution in [0.1, 0.15) is 0 Å². The van der Waals surface area contributed by atoms with Crippen molar-refractivity contribution in [2.75, 3.05) is 0 Å². The van der Waals surface area contributed by atoms with Gasteiger partial charge in [-0.25, -0.2) is 0 Å². The van der Waals surface area contributed by atoms with Gasteiger partial charge >= 0.3 is 137 Å². The quantitative estimate of drug-likeness (QED) is 0.527. The molecule has 0 spiro atoms. The van der Waals surface area contributed by atoms with Gasteiger partial charge in [0.1, 0.15) is 0 Å². The molecule has 0 N–H and O–H groups in total. The Morgan fingerprint density at radius 3 is 1.30 bits per heavy atom. The Morgan fingerprint density at radius 2 is 0.957 bits per heavy atom. The average molecular weight is 450 g/mol. The van der Waals surface area contributed by atoms with Gasteiger partial charge in [-0.2, -0.15) is 0 Å². The molecule has 0 aliphatic carbocycles. The molecule has 0 aromatic heterocycles. The van der Waals surface area contributed by atoms with Gasteiger partial charge in [-0.15, -0.1) is 0 Å². The molecule has 124 valence electrons. The summed E-state index contributed by atoms with van der Waals surface area (Å²) in [5.74, 6) is -0.826. The SMILES string of the molecule is FC(F)(F)Oc1ccccc1[Te]c1ccccc1OC(F)(F)F. The molecule has 2 aromatic carbocycles. The molecular formula is C14H8F6O2Te. The molecule has 2 aromatic rings. The monoisotopic (exact) mass is 452 g/mol. The maximum atomic E-state index is 12.4. The summed E-state index contributed by atoms with van der Waals surface area (Å²) in [7, 11) is 0. The van der Waals surface area contributed by atoms with E-state index >= 15 is 0 Å². The van der Waals surface area contributed by atoms with Crippen molar-refractivity contribution in [2.24, 2.45) is 0 Å². The van der Waals surface area contributed by atoms with Crippen LogP contribution < -0.4 is 16.7 Å². The molecule has 0 saturated heterocycles. The van der Waals surface area contributed by atoms with Crippen molar-refractivity contribution in [1.82, 2.24) is 0 Å². The van der Waals surface area contributed by atoms with Gasteiger partial charge in [-0.05, 0) is 0 Å². The molecular weight excluding hydrogens is 442 g/mol. The standard InChI is InChI=1S/C14H8F6O2Te/c15-13(16,17)21-9-5-1-3-7-11(9)23-12-8-4-2-6-10(12)22-14(18,19)20/h1-8H. The molecule has 0 radical (unpaired) electrons. The molecule has 2 rings (SSSR count). The van der Waals surface area contributed by atoms with E-state index in [0.717, 1.165) is 12.1 Å². The van der Waals surface area contributed by atoms with Gasteiger partial charge in [0, 0.05) is 0 Å². The summed E-state index contributed by atoms with van der Waals surface area (Å²) in [4.78, 5) is 0. The number of benzene rings is 2. The molecule has 0 fully saturated rings. The van der Waals surface area contributed by atoms with E-state index in [2.05, 4.69) is 9.47 Å². The molecule has 0 aliphatic heterocycles. The zero-order valence-electron chi connectivity index (χ0n) is 11.1. The van der Waals surface area contributed by atoms with Crippen LogP contribution in [0.5, 0.6) is 11.5 Å². The van der Waals surface area contributed by atoms with E-state index in [1.165, 1.54) is 36.4 Å². The Bertz CT molecular complexity index is 611. The third-order valence-electron chi connectivity index (χ3n) is 2.37.